The van der Waals surface area contributed by atoms with Crippen LogP contribution in [0.4, 0.5) is 5.69 Å². The summed E-state index contributed by atoms with van der Waals surface area (Å²) in [7, 11) is 0. The van der Waals surface area contributed by atoms with Gasteiger partial charge < -0.3 is 9.73 Å². The van der Waals surface area contributed by atoms with Crippen molar-refractivity contribution < 1.29 is 4.42 Å². The van der Waals surface area contributed by atoms with Crippen LogP contribution < -0.4 is 5.32 Å². The van der Waals surface area contributed by atoms with Crippen molar-refractivity contribution >= 4 is 27.6 Å². The van der Waals surface area contributed by atoms with E-state index in [4.69, 9.17) is 4.42 Å². The van der Waals surface area contributed by atoms with Crippen molar-refractivity contribution in [3.8, 4) is 0 Å². The summed E-state index contributed by atoms with van der Waals surface area (Å²) in [6.45, 7) is 11.8. The molecule has 2 heteroatoms. The Labute approximate surface area is 196 Å². The highest BCUT2D eigenvalue weighted by Gasteiger charge is 2.38. The van der Waals surface area contributed by atoms with Gasteiger partial charge in [0.25, 0.3) is 0 Å². The number of fused-ring (bicyclic) bond motifs is 4. The van der Waals surface area contributed by atoms with Gasteiger partial charge in [0.1, 0.15) is 5.58 Å². The number of nitrogens with one attached hydrogen (secondary N) is 1. The van der Waals surface area contributed by atoms with E-state index in [1.54, 1.807) is 0 Å². The molecule has 1 heterocycles. The zero-order valence-electron chi connectivity index (χ0n) is 20.3. The first-order valence-electron chi connectivity index (χ1n) is 12.3. The lowest BCUT2D eigenvalue weighted by molar-refractivity contribution is 0.332. The van der Waals surface area contributed by atoms with Crippen molar-refractivity contribution in [1.29, 1.82) is 0 Å². The highest BCUT2D eigenvalue weighted by molar-refractivity contribution is 6.09. The van der Waals surface area contributed by atoms with Gasteiger partial charge in [0.2, 0.25) is 0 Å². The molecule has 1 aromatic heterocycles. The van der Waals surface area contributed by atoms with Crippen LogP contribution in [0.3, 0.4) is 0 Å². The third-order valence-corrected chi connectivity index (χ3v) is 8.32. The minimum absolute atomic E-state index is 0.178. The second-order valence-electron chi connectivity index (χ2n) is 11.4. The first-order valence-corrected chi connectivity index (χ1v) is 12.3. The number of para-hydroxylation sites is 1. The number of furan rings is 1. The topological polar surface area (TPSA) is 25.2 Å². The molecule has 3 aromatic carbocycles. The molecule has 1 N–H and O–H groups in total. The van der Waals surface area contributed by atoms with Crippen LogP contribution in [0.1, 0.15) is 70.1 Å². The summed E-state index contributed by atoms with van der Waals surface area (Å²) >= 11 is 0. The van der Waals surface area contributed by atoms with Gasteiger partial charge >= 0.3 is 0 Å². The van der Waals surface area contributed by atoms with Gasteiger partial charge in [0.05, 0.1) is 5.69 Å². The Kier molecular flexibility index (Phi) is 4.37. The predicted octanol–water partition coefficient (Wildman–Crippen LogP) is 8.66. The van der Waals surface area contributed by atoms with E-state index in [1.165, 1.54) is 46.0 Å². The third kappa shape index (κ3) is 3.14. The number of rotatable bonds is 3. The molecular formula is C31H33NO. The first-order chi connectivity index (χ1) is 15.7. The van der Waals surface area contributed by atoms with Crippen LogP contribution in [0.25, 0.3) is 21.9 Å². The number of anilines is 1. The zero-order valence-corrected chi connectivity index (χ0v) is 20.3. The lowest BCUT2D eigenvalue weighted by Gasteiger charge is -2.41. The van der Waals surface area contributed by atoms with E-state index in [-0.39, 0.29) is 10.8 Å². The van der Waals surface area contributed by atoms with E-state index in [0.717, 1.165) is 16.9 Å². The molecule has 4 aromatic rings. The van der Waals surface area contributed by atoms with Gasteiger partial charge in [-0.05, 0) is 58.6 Å². The van der Waals surface area contributed by atoms with Gasteiger partial charge in [-0.15, -0.1) is 0 Å². The molecule has 2 nitrogen and oxygen atoms in total. The maximum Gasteiger partial charge on any atom is 0.158 e. The Balaban J connectivity index is 1.43. The number of allylic oxidation sites excluding steroid dienone is 2. The molecule has 0 amide bonds. The Morgan fingerprint density at radius 1 is 0.818 bits per heavy atom. The molecule has 0 aliphatic heterocycles. The van der Waals surface area contributed by atoms with Crippen LogP contribution in [0.2, 0.25) is 0 Å². The summed E-state index contributed by atoms with van der Waals surface area (Å²) in [5.74, 6) is 0.931. The van der Waals surface area contributed by atoms with E-state index in [2.05, 4.69) is 107 Å². The minimum Gasteiger partial charge on any atom is -0.454 e. The largest absolute Gasteiger partial charge is 0.454 e. The molecule has 0 bridgehead atoms. The van der Waals surface area contributed by atoms with Crippen molar-refractivity contribution in [3.05, 3.63) is 89.1 Å². The fourth-order valence-corrected chi connectivity index (χ4v) is 5.89. The zero-order chi connectivity index (χ0) is 23.0. The number of hydrogen-bond donors (Lipinski definition) is 1. The molecule has 2 atom stereocenters. The van der Waals surface area contributed by atoms with Crippen molar-refractivity contribution in [1.82, 2.24) is 0 Å². The fraction of sp³-hybridized carbons (Fsp3) is 0.355. The van der Waals surface area contributed by atoms with E-state index >= 15 is 0 Å². The molecule has 33 heavy (non-hydrogen) atoms. The molecule has 168 valence electrons. The van der Waals surface area contributed by atoms with Crippen molar-refractivity contribution in [2.24, 2.45) is 5.92 Å². The maximum absolute atomic E-state index is 6.54. The van der Waals surface area contributed by atoms with Crippen molar-refractivity contribution in [3.63, 3.8) is 0 Å². The Morgan fingerprint density at radius 2 is 1.52 bits per heavy atom. The average molecular weight is 436 g/mol. The normalized spacial score (nSPS) is 23.1. The molecule has 2 aliphatic carbocycles. The maximum atomic E-state index is 6.54. The first kappa shape index (κ1) is 20.6. The van der Waals surface area contributed by atoms with E-state index < -0.39 is 0 Å². The van der Waals surface area contributed by atoms with Gasteiger partial charge in [-0.2, -0.15) is 0 Å². The lowest BCUT2D eigenvalue weighted by Crippen LogP contribution is -2.33. The predicted molar refractivity (Wildman–Crippen MR) is 139 cm³/mol. The molecule has 1 unspecified atom stereocenters. The molecule has 6 rings (SSSR count). The van der Waals surface area contributed by atoms with Crippen LogP contribution in [0.5, 0.6) is 0 Å². The summed E-state index contributed by atoms with van der Waals surface area (Å²) in [6.07, 6.45) is 4.78. The van der Waals surface area contributed by atoms with Crippen LogP contribution in [0, 0.1) is 5.92 Å². The number of hydrogen-bond acceptors (Lipinski definition) is 2. The minimum atomic E-state index is 0.178. The highest BCUT2D eigenvalue weighted by atomic mass is 16.3. The second-order valence-corrected chi connectivity index (χ2v) is 11.4. The SMILES string of the molecule is C[C@@H]1C(Nc2cccc3c2oc2cc4c(cc23)C(C)(C)CCC4(C)C)=CC1c1ccccc1. The van der Waals surface area contributed by atoms with Gasteiger partial charge in [0.15, 0.2) is 5.58 Å². The van der Waals surface area contributed by atoms with Gasteiger partial charge in [-0.3, -0.25) is 0 Å². The van der Waals surface area contributed by atoms with E-state index in [1.807, 2.05) is 0 Å². The summed E-state index contributed by atoms with van der Waals surface area (Å²) in [4.78, 5) is 0. The highest BCUT2D eigenvalue weighted by Crippen LogP contribution is 2.49. The standard InChI is InChI=1S/C31H33NO/c1-19-22(20-10-7-6-8-11-20)17-27(19)32-26-13-9-12-21-23-16-24-25(18-28(23)33-29(21)26)31(4,5)15-14-30(24,2)3/h6-13,16-19,22,32H,14-15H2,1-5H3/t19-,22?/m0/s1. The van der Waals surface area contributed by atoms with Crippen molar-refractivity contribution in [2.75, 3.05) is 5.32 Å². The Hall–Kier alpha value is -3.00. The third-order valence-electron chi connectivity index (χ3n) is 8.32. The molecule has 2 aliphatic rings. The quantitative estimate of drug-likeness (QED) is 0.348. The summed E-state index contributed by atoms with van der Waals surface area (Å²) in [5.41, 5.74) is 8.98. The average Bonchev–Trinajstić information content (AvgIpc) is 3.18. The molecule has 0 saturated heterocycles. The Bertz CT molecular complexity index is 1400. The molecule has 0 saturated carbocycles. The van der Waals surface area contributed by atoms with Crippen LogP contribution >= 0.6 is 0 Å². The second kappa shape index (κ2) is 7.00. The van der Waals surface area contributed by atoms with Gasteiger partial charge in [0, 0.05) is 28.3 Å². The van der Waals surface area contributed by atoms with Crippen LogP contribution in [0.15, 0.2) is 76.9 Å². The molecule has 0 spiro atoms. The summed E-state index contributed by atoms with van der Waals surface area (Å²) in [6, 6.07) is 22.0. The number of benzene rings is 3. The van der Waals surface area contributed by atoms with Crippen LogP contribution in [-0.4, -0.2) is 0 Å². The van der Waals surface area contributed by atoms with Crippen LogP contribution in [-0.2, 0) is 10.8 Å². The lowest BCUT2D eigenvalue weighted by atomic mass is 9.63. The summed E-state index contributed by atoms with van der Waals surface area (Å²) in [5, 5.41) is 6.13. The monoisotopic (exact) mass is 435 g/mol. The van der Waals surface area contributed by atoms with Crippen molar-refractivity contribution in [2.45, 2.75) is 64.2 Å². The van der Waals surface area contributed by atoms with E-state index in [0.29, 0.717) is 11.8 Å². The smallest absolute Gasteiger partial charge is 0.158 e. The fourth-order valence-electron chi connectivity index (χ4n) is 5.89. The van der Waals surface area contributed by atoms with Gasteiger partial charge in [-0.1, -0.05) is 83.2 Å². The van der Waals surface area contributed by atoms with Gasteiger partial charge in [-0.25, -0.2) is 0 Å². The Morgan fingerprint density at radius 3 is 2.21 bits per heavy atom. The van der Waals surface area contributed by atoms with E-state index in [9.17, 15) is 0 Å². The molecular weight excluding hydrogens is 402 g/mol. The molecule has 0 fully saturated rings. The molecule has 0 radical (unpaired) electrons. The summed E-state index contributed by atoms with van der Waals surface area (Å²) < 4.78 is 6.54.